The highest BCUT2D eigenvalue weighted by atomic mass is 16.5. The predicted molar refractivity (Wildman–Crippen MR) is 86.1 cm³/mol. The van der Waals surface area contributed by atoms with Crippen LogP contribution in [0.5, 0.6) is 0 Å². The molecule has 0 saturated carbocycles. The molecule has 0 bridgehead atoms. The average Bonchev–Trinajstić information content (AvgIpc) is 2.53. The maximum Gasteiger partial charge on any atom is 0.338 e. The third kappa shape index (κ3) is 6.95. The Morgan fingerprint density at radius 3 is 2.30 bits per heavy atom. The van der Waals surface area contributed by atoms with Gasteiger partial charge >= 0.3 is 11.9 Å². The van der Waals surface area contributed by atoms with Gasteiger partial charge < -0.3 is 14.8 Å². The number of anilines is 1. The van der Waals surface area contributed by atoms with E-state index in [-0.39, 0.29) is 18.5 Å². The molecular formula is C17H23NO5. The lowest BCUT2D eigenvalue weighted by Crippen LogP contribution is -2.22. The predicted octanol–water partition coefficient (Wildman–Crippen LogP) is 2.78. The standard InChI is InChI=1S/C17H23NO5/c1-4-5-10-22-17(21)13-6-8-14(9-7-13)18-15(19)11-23-16(20)12(2)3/h6-9,12H,4-5,10-11H2,1-3H3,(H,18,19). The molecule has 0 aliphatic rings. The summed E-state index contributed by atoms with van der Waals surface area (Å²) in [7, 11) is 0. The molecule has 1 N–H and O–H groups in total. The topological polar surface area (TPSA) is 81.7 Å². The fourth-order valence-corrected chi connectivity index (χ4v) is 1.58. The Hall–Kier alpha value is -2.37. The van der Waals surface area contributed by atoms with Gasteiger partial charge in [0.05, 0.1) is 18.1 Å². The van der Waals surface area contributed by atoms with E-state index in [4.69, 9.17) is 9.47 Å². The lowest BCUT2D eigenvalue weighted by molar-refractivity contribution is -0.150. The van der Waals surface area contributed by atoms with Crippen LogP contribution in [0.3, 0.4) is 0 Å². The Bertz CT molecular complexity index is 536. The number of esters is 2. The zero-order chi connectivity index (χ0) is 17.2. The van der Waals surface area contributed by atoms with E-state index in [1.807, 2.05) is 6.92 Å². The zero-order valence-corrected chi connectivity index (χ0v) is 13.8. The second-order valence-electron chi connectivity index (χ2n) is 5.38. The second-order valence-corrected chi connectivity index (χ2v) is 5.38. The summed E-state index contributed by atoms with van der Waals surface area (Å²) < 4.78 is 9.92. The Morgan fingerprint density at radius 1 is 1.09 bits per heavy atom. The number of nitrogens with one attached hydrogen (secondary N) is 1. The molecule has 1 amide bonds. The summed E-state index contributed by atoms with van der Waals surface area (Å²) in [6, 6.07) is 6.34. The van der Waals surface area contributed by atoms with Crippen LogP contribution in [0.1, 0.15) is 44.0 Å². The van der Waals surface area contributed by atoms with Gasteiger partial charge in [0.25, 0.3) is 5.91 Å². The highest BCUT2D eigenvalue weighted by Crippen LogP contribution is 2.11. The quantitative estimate of drug-likeness (QED) is 0.588. The largest absolute Gasteiger partial charge is 0.462 e. The first-order valence-electron chi connectivity index (χ1n) is 7.67. The molecule has 0 aliphatic carbocycles. The molecule has 0 radical (unpaired) electrons. The van der Waals surface area contributed by atoms with Gasteiger partial charge in [0.1, 0.15) is 0 Å². The van der Waals surface area contributed by atoms with Gasteiger partial charge in [-0.05, 0) is 30.7 Å². The maximum absolute atomic E-state index is 11.7. The SMILES string of the molecule is CCCCOC(=O)c1ccc(NC(=O)COC(=O)C(C)C)cc1. The van der Waals surface area contributed by atoms with Gasteiger partial charge in [0, 0.05) is 5.69 Å². The average molecular weight is 321 g/mol. The fraction of sp³-hybridized carbons (Fsp3) is 0.471. The molecule has 126 valence electrons. The van der Waals surface area contributed by atoms with Crippen molar-refractivity contribution in [3.63, 3.8) is 0 Å². The molecule has 1 rings (SSSR count). The normalized spacial score (nSPS) is 10.3. The summed E-state index contributed by atoms with van der Waals surface area (Å²) in [5, 5.41) is 2.59. The molecule has 0 fully saturated rings. The minimum Gasteiger partial charge on any atom is -0.462 e. The van der Waals surface area contributed by atoms with Crippen molar-refractivity contribution in [2.24, 2.45) is 5.92 Å². The summed E-state index contributed by atoms with van der Waals surface area (Å²) in [6.07, 6.45) is 1.79. The first-order chi connectivity index (χ1) is 10.9. The Labute approximate surface area is 136 Å². The number of carbonyl (C=O) groups is 3. The van der Waals surface area contributed by atoms with E-state index in [1.54, 1.807) is 38.1 Å². The van der Waals surface area contributed by atoms with Crippen molar-refractivity contribution in [2.45, 2.75) is 33.6 Å². The molecule has 0 heterocycles. The summed E-state index contributed by atoms with van der Waals surface area (Å²) in [4.78, 5) is 34.7. The highest BCUT2D eigenvalue weighted by Gasteiger charge is 2.12. The molecule has 0 spiro atoms. The van der Waals surface area contributed by atoms with Gasteiger partial charge in [0.15, 0.2) is 6.61 Å². The van der Waals surface area contributed by atoms with E-state index in [1.165, 1.54) is 0 Å². The molecule has 6 nitrogen and oxygen atoms in total. The number of rotatable bonds is 8. The number of benzene rings is 1. The molecule has 23 heavy (non-hydrogen) atoms. The van der Waals surface area contributed by atoms with Gasteiger partial charge in [-0.1, -0.05) is 27.2 Å². The third-order valence-corrected chi connectivity index (χ3v) is 2.95. The highest BCUT2D eigenvalue weighted by molar-refractivity contribution is 5.94. The van der Waals surface area contributed by atoms with Gasteiger partial charge in [-0.3, -0.25) is 9.59 Å². The van der Waals surface area contributed by atoms with Crippen molar-refractivity contribution in [1.82, 2.24) is 0 Å². The van der Waals surface area contributed by atoms with Gasteiger partial charge in [-0.2, -0.15) is 0 Å². The summed E-state index contributed by atoms with van der Waals surface area (Å²) in [6.45, 7) is 5.47. The van der Waals surface area contributed by atoms with Crippen LogP contribution in [0.25, 0.3) is 0 Å². The molecule has 0 aromatic heterocycles. The Morgan fingerprint density at radius 2 is 1.74 bits per heavy atom. The van der Waals surface area contributed by atoms with E-state index in [2.05, 4.69) is 5.32 Å². The van der Waals surface area contributed by atoms with Crippen LogP contribution >= 0.6 is 0 Å². The van der Waals surface area contributed by atoms with Crippen LogP contribution in [-0.2, 0) is 19.1 Å². The van der Waals surface area contributed by atoms with Crippen molar-refractivity contribution >= 4 is 23.5 Å². The summed E-state index contributed by atoms with van der Waals surface area (Å²) in [5.41, 5.74) is 0.936. The summed E-state index contributed by atoms with van der Waals surface area (Å²) >= 11 is 0. The first kappa shape index (κ1) is 18.7. The van der Waals surface area contributed by atoms with Crippen LogP contribution in [0.4, 0.5) is 5.69 Å². The van der Waals surface area contributed by atoms with Crippen LogP contribution in [0.2, 0.25) is 0 Å². The number of ether oxygens (including phenoxy) is 2. The van der Waals surface area contributed by atoms with Gasteiger partial charge in [0.2, 0.25) is 0 Å². The van der Waals surface area contributed by atoms with Crippen molar-refractivity contribution in [2.75, 3.05) is 18.5 Å². The van der Waals surface area contributed by atoms with Crippen molar-refractivity contribution in [1.29, 1.82) is 0 Å². The molecule has 1 aromatic carbocycles. The monoisotopic (exact) mass is 321 g/mol. The minimum atomic E-state index is -0.433. The summed E-state index contributed by atoms with van der Waals surface area (Å²) in [5.74, 6) is -1.52. The second kappa shape index (κ2) is 9.61. The van der Waals surface area contributed by atoms with Crippen molar-refractivity contribution < 1.29 is 23.9 Å². The zero-order valence-electron chi connectivity index (χ0n) is 13.8. The number of amides is 1. The van der Waals surface area contributed by atoms with E-state index < -0.39 is 11.9 Å². The molecule has 0 saturated heterocycles. The van der Waals surface area contributed by atoms with E-state index in [0.717, 1.165) is 12.8 Å². The Balaban J connectivity index is 2.45. The van der Waals surface area contributed by atoms with E-state index in [9.17, 15) is 14.4 Å². The van der Waals surface area contributed by atoms with Crippen LogP contribution in [0.15, 0.2) is 24.3 Å². The van der Waals surface area contributed by atoms with Crippen LogP contribution in [-0.4, -0.2) is 31.1 Å². The first-order valence-corrected chi connectivity index (χ1v) is 7.67. The number of carbonyl (C=O) groups excluding carboxylic acids is 3. The molecule has 0 unspecified atom stereocenters. The number of hydrogen-bond donors (Lipinski definition) is 1. The molecule has 0 atom stereocenters. The fourth-order valence-electron chi connectivity index (χ4n) is 1.58. The Kier molecular flexibility index (Phi) is 7.80. The van der Waals surface area contributed by atoms with E-state index in [0.29, 0.717) is 17.9 Å². The van der Waals surface area contributed by atoms with Crippen molar-refractivity contribution in [3.8, 4) is 0 Å². The molecule has 1 aromatic rings. The van der Waals surface area contributed by atoms with Gasteiger partial charge in [-0.15, -0.1) is 0 Å². The number of unbranched alkanes of at least 4 members (excludes halogenated alkanes) is 1. The third-order valence-electron chi connectivity index (χ3n) is 2.95. The smallest absolute Gasteiger partial charge is 0.338 e. The minimum absolute atomic E-state index is 0.277. The number of hydrogen-bond acceptors (Lipinski definition) is 5. The van der Waals surface area contributed by atoms with Gasteiger partial charge in [-0.25, -0.2) is 4.79 Å². The van der Waals surface area contributed by atoms with Crippen LogP contribution < -0.4 is 5.32 Å². The molecule has 6 heteroatoms. The molecular weight excluding hydrogens is 298 g/mol. The maximum atomic E-state index is 11.7. The van der Waals surface area contributed by atoms with E-state index >= 15 is 0 Å². The lowest BCUT2D eigenvalue weighted by atomic mass is 10.2. The lowest BCUT2D eigenvalue weighted by Gasteiger charge is -2.08. The van der Waals surface area contributed by atoms with Crippen LogP contribution in [0, 0.1) is 5.92 Å². The molecule has 0 aliphatic heterocycles. The van der Waals surface area contributed by atoms with Crippen molar-refractivity contribution in [3.05, 3.63) is 29.8 Å².